The number of fused-ring (bicyclic) bond motifs is 1. The number of hydrogen-bond donors (Lipinski definition) is 4. The Bertz CT molecular complexity index is 1330. The van der Waals surface area contributed by atoms with Crippen molar-refractivity contribution < 1.29 is 22.8 Å². The molecule has 1 saturated heterocycles. The maximum atomic E-state index is 12.8. The molecule has 8 rings (SSSR count). The number of anilines is 2. The number of nitrogens with zero attached hydrogens (tertiary/aromatic N) is 3. The maximum absolute atomic E-state index is 12.8. The summed E-state index contributed by atoms with van der Waals surface area (Å²) in [6.07, 6.45) is 8.20. The van der Waals surface area contributed by atoms with Crippen molar-refractivity contribution >= 4 is 27.2 Å². The number of carbonyl (C=O) groups excluding carboxylic acids is 1. The molecule has 1 unspecified atom stereocenters. The average molecular weight is 529 g/mol. The first-order valence-corrected chi connectivity index (χ1v) is 15.2. The summed E-state index contributed by atoms with van der Waals surface area (Å²) in [7, 11) is -3.01. The second-order valence-electron chi connectivity index (χ2n) is 11.7. The second-order valence-corrected chi connectivity index (χ2v) is 14.0. The zero-order chi connectivity index (χ0) is 25.4. The van der Waals surface area contributed by atoms with Gasteiger partial charge in [0.2, 0.25) is 0 Å². The van der Waals surface area contributed by atoms with E-state index in [-0.39, 0.29) is 35.3 Å². The van der Waals surface area contributed by atoms with Crippen molar-refractivity contribution in [2.45, 2.75) is 69.1 Å². The van der Waals surface area contributed by atoms with E-state index in [2.05, 4.69) is 31.1 Å². The molecule has 2 aromatic rings. The molecule has 6 aliphatic rings. The lowest BCUT2D eigenvalue weighted by molar-refractivity contribution is -0.129. The van der Waals surface area contributed by atoms with Crippen LogP contribution in [0.3, 0.4) is 0 Å². The lowest BCUT2D eigenvalue weighted by Gasteiger charge is -2.58. The minimum atomic E-state index is -3.01. The Morgan fingerprint density at radius 2 is 1.92 bits per heavy atom. The number of sulfone groups is 1. The summed E-state index contributed by atoms with van der Waals surface area (Å²) in [5.41, 5.74) is 2.17. The molecule has 4 bridgehead atoms. The fraction of sp³-hybridized carbons (Fsp3) is 0.680. The van der Waals surface area contributed by atoms with Crippen LogP contribution in [-0.4, -0.2) is 70.3 Å². The van der Waals surface area contributed by atoms with Gasteiger partial charge in [0.25, 0.3) is 17.6 Å². The molecule has 5 atom stereocenters. The highest BCUT2D eigenvalue weighted by Crippen LogP contribution is 2.56. The molecule has 4 heterocycles. The molecule has 1 amide bonds. The Morgan fingerprint density at radius 1 is 1.16 bits per heavy atom. The van der Waals surface area contributed by atoms with Crippen LogP contribution in [0.25, 0.3) is 11.5 Å². The van der Waals surface area contributed by atoms with Crippen molar-refractivity contribution in [2.75, 3.05) is 28.7 Å². The van der Waals surface area contributed by atoms with Crippen LogP contribution in [0, 0.1) is 17.8 Å². The van der Waals surface area contributed by atoms with Crippen molar-refractivity contribution in [1.29, 1.82) is 0 Å². The third-order valence-corrected chi connectivity index (χ3v) is 10.9. The van der Waals surface area contributed by atoms with Gasteiger partial charge >= 0.3 is 0 Å². The van der Waals surface area contributed by atoms with E-state index >= 15 is 0 Å². The lowest BCUT2D eigenvalue weighted by Crippen LogP contribution is -2.59. The molecule has 0 radical (unpaired) electrons. The molecule has 4 N–H and O–H groups in total. The van der Waals surface area contributed by atoms with Gasteiger partial charge in [-0.05, 0) is 69.1 Å². The molecule has 12 heteroatoms. The number of carbonyl (C=O) groups is 1. The van der Waals surface area contributed by atoms with Crippen LogP contribution < -0.4 is 16.0 Å². The number of nitrogens with one attached hydrogen (secondary N) is 3. The van der Waals surface area contributed by atoms with Gasteiger partial charge in [0, 0.05) is 30.4 Å². The molecule has 2 aromatic heterocycles. The van der Waals surface area contributed by atoms with Crippen LogP contribution in [0.5, 0.6) is 0 Å². The van der Waals surface area contributed by atoms with Gasteiger partial charge < -0.3 is 25.6 Å². The summed E-state index contributed by atoms with van der Waals surface area (Å²) < 4.78 is 28.9. The largest absolute Gasteiger partial charge is 0.390 e. The molecule has 2 aliphatic heterocycles. The topological polar surface area (TPSA) is 159 Å². The molecule has 37 heavy (non-hydrogen) atoms. The van der Waals surface area contributed by atoms with E-state index in [1.54, 1.807) is 6.20 Å². The van der Waals surface area contributed by atoms with Gasteiger partial charge in [0.1, 0.15) is 15.7 Å². The molecule has 4 aliphatic carbocycles. The third-order valence-electron chi connectivity index (χ3n) is 9.15. The fourth-order valence-electron chi connectivity index (χ4n) is 7.67. The first-order chi connectivity index (χ1) is 17.8. The minimum Gasteiger partial charge on any atom is -0.390 e. The van der Waals surface area contributed by atoms with Gasteiger partial charge in [-0.1, -0.05) is 5.16 Å². The number of aliphatic hydroxyl groups is 1. The van der Waals surface area contributed by atoms with Crippen molar-refractivity contribution in [1.82, 2.24) is 20.4 Å². The lowest BCUT2D eigenvalue weighted by atomic mass is 9.52. The van der Waals surface area contributed by atoms with E-state index in [9.17, 15) is 18.3 Å². The Morgan fingerprint density at radius 3 is 2.65 bits per heavy atom. The van der Waals surface area contributed by atoms with E-state index in [1.165, 1.54) is 0 Å². The Labute approximate surface area is 215 Å². The van der Waals surface area contributed by atoms with E-state index in [4.69, 9.17) is 4.52 Å². The van der Waals surface area contributed by atoms with Crippen molar-refractivity contribution in [3.05, 3.63) is 17.6 Å². The summed E-state index contributed by atoms with van der Waals surface area (Å²) in [5.74, 6) is 2.12. The van der Waals surface area contributed by atoms with E-state index in [1.807, 2.05) is 0 Å². The zero-order valence-corrected chi connectivity index (χ0v) is 21.4. The highest BCUT2D eigenvalue weighted by atomic mass is 32.2. The Kier molecular flexibility index (Phi) is 5.30. The van der Waals surface area contributed by atoms with E-state index < -0.39 is 21.3 Å². The van der Waals surface area contributed by atoms with Gasteiger partial charge in [-0.25, -0.2) is 13.4 Å². The Hall–Kier alpha value is -2.73. The van der Waals surface area contributed by atoms with Crippen LogP contribution in [-0.2, 0) is 16.3 Å². The highest BCUT2D eigenvalue weighted by molar-refractivity contribution is 7.91. The van der Waals surface area contributed by atoms with Gasteiger partial charge in [0.15, 0.2) is 0 Å². The van der Waals surface area contributed by atoms with Crippen LogP contribution in [0.15, 0.2) is 10.7 Å². The molecular formula is C25H32N6O5S. The number of pyridine rings is 1. The summed E-state index contributed by atoms with van der Waals surface area (Å²) in [6.45, 7) is 0.800. The van der Waals surface area contributed by atoms with Crippen LogP contribution in [0.2, 0.25) is 0 Å². The normalized spacial score (nSPS) is 33.6. The quantitative estimate of drug-likeness (QED) is 0.450. The summed E-state index contributed by atoms with van der Waals surface area (Å²) >= 11 is 0. The van der Waals surface area contributed by atoms with E-state index in [0.29, 0.717) is 36.2 Å². The monoisotopic (exact) mass is 528 g/mol. The molecule has 0 spiro atoms. The summed E-state index contributed by atoms with van der Waals surface area (Å²) in [5, 5.41) is 25.0. The van der Waals surface area contributed by atoms with Crippen molar-refractivity contribution in [3.8, 4) is 11.5 Å². The second kappa shape index (κ2) is 8.39. The summed E-state index contributed by atoms with van der Waals surface area (Å²) in [6, 6.07) is 0.0330. The van der Waals surface area contributed by atoms with Crippen LogP contribution in [0.4, 0.5) is 11.5 Å². The smallest absolute Gasteiger partial charge is 0.292 e. The predicted molar refractivity (Wildman–Crippen MR) is 135 cm³/mol. The molecule has 0 aromatic carbocycles. The van der Waals surface area contributed by atoms with Crippen LogP contribution in [0.1, 0.15) is 61.1 Å². The number of hydrogen-bond acceptors (Lipinski definition) is 10. The fourth-order valence-corrected chi connectivity index (χ4v) is 9.17. The SMILES string of the molecule is O=C(NC1CCS(=O)(=O)CC1)c1noc(-c2cnc3c(c2N[C@H]2[C@@H]4CC5C[C@H]2C[C@@](O)(C5)C4)CCN3)n1. The van der Waals surface area contributed by atoms with Gasteiger partial charge in [-0.15, -0.1) is 0 Å². The standard InChI is InChI=1S/C25H32N6O5S/c32-23(28-16-2-5-37(34,35)6-3-16)22-30-24(36-31-22)18-12-27-21-17(1-4-26-21)20(18)29-19-14-7-13-8-15(19)11-25(33,9-13)10-14/h12-16,19,33H,1-11H2,(H,28,32)(H2,26,27,29)/t13?,14-,15+,19+,25-. The van der Waals surface area contributed by atoms with Crippen molar-refractivity contribution in [2.24, 2.45) is 17.8 Å². The van der Waals surface area contributed by atoms with Crippen LogP contribution >= 0.6 is 0 Å². The maximum Gasteiger partial charge on any atom is 0.292 e. The van der Waals surface area contributed by atoms with Crippen molar-refractivity contribution in [3.63, 3.8) is 0 Å². The van der Waals surface area contributed by atoms with Gasteiger partial charge in [-0.2, -0.15) is 4.98 Å². The molecular weight excluding hydrogens is 496 g/mol. The minimum absolute atomic E-state index is 0.0700. The molecule has 11 nitrogen and oxygen atoms in total. The first kappa shape index (κ1) is 23.4. The molecule has 5 fully saturated rings. The third kappa shape index (κ3) is 4.18. The number of amides is 1. The Balaban J connectivity index is 1.14. The summed E-state index contributed by atoms with van der Waals surface area (Å²) in [4.78, 5) is 21.8. The number of rotatable bonds is 5. The first-order valence-electron chi connectivity index (χ1n) is 13.4. The zero-order valence-electron chi connectivity index (χ0n) is 20.6. The molecule has 198 valence electrons. The van der Waals surface area contributed by atoms with Gasteiger partial charge in [0.05, 0.1) is 28.4 Å². The molecule has 4 saturated carbocycles. The van der Waals surface area contributed by atoms with E-state index in [0.717, 1.165) is 62.1 Å². The predicted octanol–water partition coefficient (Wildman–Crippen LogP) is 1.76. The highest BCUT2D eigenvalue weighted by Gasteiger charge is 2.55. The van der Waals surface area contributed by atoms with Gasteiger partial charge in [-0.3, -0.25) is 4.79 Å². The average Bonchev–Trinajstić information content (AvgIpc) is 3.52. The number of aromatic nitrogens is 3.